The lowest BCUT2D eigenvalue weighted by Gasteiger charge is -2.34. The van der Waals surface area contributed by atoms with E-state index < -0.39 is 11.6 Å². The Kier molecular flexibility index (Phi) is 10.8. The summed E-state index contributed by atoms with van der Waals surface area (Å²) >= 11 is 0. The zero-order valence-corrected chi connectivity index (χ0v) is 22.1. The van der Waals surface area contributed by atoms with Gasteiger partial charge in [-0.25, -0.2) is 13.8 Å². The lowest BCUT2D eigenvalue weighted by atomic mass is 9.73. The van der Waals surface area contributed by atoms with Crippen molar-refractivity contribution in [2.24, 2.45) is 11.7 Å². The number of hydrogen-bond acceptors (Lipinski definition) is 7. The van der Waals surface area contributed by atoms with Gasteiger partial charge in [-0.2, -0.15) is 0 Å². The highest BCUT2D eigenvalue weighted by atomic mass is 19.1. The van der Waals surface area contributed by atoms with Crippen LogP contribution in [-0.2, 0) is 17.8 Å². The Bertz CT molecular complexity index is 1220. The minimum Gasteiger partial charge on any atom is -0.400 e. The number of nitrogens with one attached hydrogen (secondary N) is 1. The van der Waals surface area contributed by atoms with Crippen molar-refractivity contribution in [1.29, 1.82) is 0 Å². The first-order valence-electron chi connectivity index (χ1n) is 12.8. The molecular weight excluding hydrogens is 490 g/mol. The molecule has 1 aliphatic carbocycles. The fraction of sp³-hybridized carbons (Fsp3) is 0.414. The molecule has 0 spiro atoms. The lowest BCUT2D eigenvalue weighted by molar-refractivity contribution is 0.111. The fourth-order valence-electron chi connectivity index (χ4n) is 5.34. The smallest absolute Gasteiger partial charge is 0.168 e. The minimum atomic E-state index is -0.674. The lowest BCUT2D eigenvalue weighted by Crippen LogP contribution is -2.33. The van der Waals surface area contributed by atoms with Gasteiger partial charge in [0.25, 0.3) is 0 Å². The van der Waals surface area contributed by atoms with Gasteiger partial charge in [-0.3, -0.25) is 9.78 Å². The van der Waals surface area contributed by atoms with Crippen molar-refractivity contribution in [3.8, 4) is 11.3 Å². The van der Waals surface area contributed by atoms with Gasteiger partial charge in [-0.15, -0.1) is 0 Å². The van der Waals surface area contributed by atoms with E-state index in [0.29, 0.717) is 30.4 Å². The van der Waals surface area contributed by atoms with Gasteiger partial charge in [0.15, 0.2) is 6.29 Å². The number of pyridine rings is 2. The topological polar surface area (TPSA) is 110 Å². The maximum absolute atomic E-state index is 15.5. The molecule has 0 amide bonds. The van der Waals surface area contributed by atoms with Crippen LogP contribution in [-0.4, -0.2) is 48.2 Å². The van der Waals surface area contributed by atoms with E-state index in [0.717, 1.165) is 43.7 Å². The van der Waals surface area contributed by atoms with Crippen LogP contribution < -0.4 is 11.1 Å². The van der Waals surface area contributed by atoms with Crippen molar-refractivity contribution < 1.29 is 23.4 Å². The van der Waals surface area contributed by atoms with Crippen molar-refractivity contribution in [3.63, 3.8) is 0 Å². The number of nitrogens with zero attached hydrogens (tertiary/aromatic N) is 2. The summed E-state index contributed by atoms with van der Waals surface area (Å²) < 4.78 is 35.9. The summed E-state index contributed by atoms with van der Waals surface area (Å²) in [5.74, 6) is -0.890. The molecule has 4 N–H and O–H groups in total. The summed E-state index contributed by atoms with van der Waals surface area (Å²) in [5, 5.41) is 10.2. The molecule has 1 fully saturated rings. The first-order chi connectivity index (χ1) is 18.4. The van der Waals surface area contributed by atoms with Gasteiger partial charge in [-0.1, -0.05) is 6.07 Å². The van der Waals surface area contributed by atoms with Crippen molar-refractivity contribution >= 4 is 12.0 Å². The molecule has 0 aliphatic heterocycles. The van der Waals surface area contributed by atoms with Gasteiger partial charge in [0, 0.05) is 38.6 Å². The predicted octanol–water partition coefficient (Wildman–Crippen LogP) is 4.87. The molecule has 0 bridgehead atoms. The molecule has 7 nitrogen and oxygen atoms in total. The van der Waals surface area contributed by atoms with Gasteiger partial charge < -0.3 is 20.9 Å². The quantitative estimate of drug-likeness (QED) is 0.341. The number of nitrogens with two attached hydrogens (primary N) is 1. The molecule has 2 aromatic heterocycles. The first kappa shape index (κ1) is 29.3. The number of aliphatic hydroxyl groups is 1. The average molecular weight is 527 g/mol. The minimum absolute atomic E-state index is 0.0141. The van der Waals surface area contributed by atoms with Crippen LogP contribution in [0.15, 0.2) is 42.7 Å². The van der Waals surface area contributed by atoms with Crippen LogP contribution in [0.5, 0.6) is 0 Å². The highest BCUT2D eigenvalue weighted by molar-refractivity contribution is 5.75. The number of carbonyl (C=O) groups is 1. The number of rotatable bonds is 9. The van der Waals surface area contributed by atoms with Crippen molar-refractivity contribution in [2.45, 2.75) is 51.2 Å². The summed E-state index contributed by atoms with van der Waals surface area (Å²) in [4.78, 5) is 19.6. The van der Waals surface area contributed by atoms with E-state index in [9.17, 15) is 9.18 Å². The standard InChI is InChI=1S/C28H32F2N4O2.CH4O/c1-3-36-16-18-10-20(27(25(30)12-18)28-24(29)5-4-22(15-35)34-28)9-17-8-19(13-21(31)11-17)23-6-7-33-14-26(23)32-2;1-2/h4-7,10,12,14-15,17,19,21,32H,3,8-9,11,13,16,31H2,1-2H3;2H,1H3/t17-,19?,21?;/m1./s1. The SMILES string of the molecule is CCOCc1cc(F)c(-c2nc(C=O)ccc2F)c(C[C@@H]2CC(N)CC(c3ccncc3NC)C2)c1.CO. The molecule has 2 unspecified atom stereocenters. The summed E-state index contributed by atoms with van der Waals surface area (Å²) in [7, 11) is 2.87. The zero-order chi connectivity index (χ0) is 27.7. The number of benzene rings is 1. The molecule has 38 heavy (non-hydrogen) atoms. The molecule has 1 aromatic carbocycles. The van der Waals surface area contributed by atoms with Crippen LogP contribution in [0.2, 0.25) is 0 Å². The molecule has 4 rings (SSSR count). The number of aromatic nitrogens is 2. The number of hydrogen-bond donors (Lipinski definition) is 3. The van der Waals surface area contributed by atoms with Crippen LogP contribution in [0.4, 0.5) is 14.5 Å². The van der Waals surface area contributed by atoms with E-state index in [4.69, 9.17) is 15.6 Å². The van der Waals surface area contributed by atoms with E-state index in [-0.39, 0.29) is 41.4 Å². The second-order valence-electron chi connectivity index (χ2n) is 9.38. The summed E-state index contributed by atoms with van der Waals surface area (Å²) in [5.41, 5.74) is 9.92. The van der Waals surface area contributed by atoms with Crippen molar-refractivity contribution in [3.05, 3.63) is 76.7 Å². The van der Waals surface area contributed by atoms with Crippen molar-refractivity contribution in [1.82, 2.24) is 9.97 Å². The van der Waals surface area contributed by atoms with Crippen molar-refractivity contribution in [2.75, 3.05) is 26.1 Å². The largest absolute Gasteiger partial charge is 0.400 e. The number of anilines is 1. The molecule has 0 saturated heterocycles. The second-order valence-corrected chi connectivity index (χ2v) is 9.38. The van der Waals surface area contributed by atoms with Crippen LogP contribution in [0, 0.1) is 17.6 Å². The molecule has 3 atom stereocenters. The predicted molar refractivity (Wildman–Crippen MR) is 144 cm³/mol. The summed E-state index contributed by atoms with van der Waals surface area (Å²) in [6.45, 7) is 2.62. The molecular formula is C29H36F2N4O3. The molecule has 204 valence electrons. The van der Waals surface area contributed by atoms with Crippen LogP contribution >= 0.6 is 0 Å². The highest BCUT2D eigenvalue weighted by Gasteiger charge is 2.31. The Morgan fingerprint density at radius 3 is 2.66 bits per heavy atom. The molecule has 3 aromatic rings. The van der Waals surface area contributed by atoms with E-state index in [1.807, 2.05) is 32.3 Å². The number of aldehydes is 1. The number of carbonyl (C=O) groups excluding carboxylic acids is 1. The third kappa shape index (κ3) is 6.98. The zero-order valence-electron chi connectivity index (χ0n) is 22.1. The average Bonchev–Trinajstić information content (AvgIpc) is 2.93. The maximum Gasteiger partial charge on any atom is 0.168 e. The Hall–Kier alpha value is -3.27. The Balaban J connectivity index is 0.00000195. The molecule has 2 heterocycles. The summed E-state index contributed by atoms with van der Waals surface area (Å²) in [6.07, 6.45) is 7.10. The molecule has 1 aliphatic rings. The maximum atomic E-state index is 15.5. The number of aliphatic hydroxyl groups excluding tert-OH is 1. The van der Waals surface area contributed by atoms with E-state index in [2.05, 4.69) is 15.3 Å². The van der Waals surface area contributed by atoms with Gasteiger partial charge in [0.05, 0.1) is 18.5 Å². The van der Waals surface area contributed by atoms with E-state index in [1.165, 1.54) is 12.1 Å². The Morgan fingerprint density at radius 1 is 1.16 bits per heavy atom. The molecule has 1 saturated carbocycles. The number of ether oxygens (including phenoxy) is 1. The van der Waals surface area contributed by atoms with E-state index >= 15 is 4.39 Å². The summed E-state index contributed by atoms with van der Waals surface area (Å²) in [6, 6.07) is 7.66. The van der Waals surface area contributed by atoms with Gasteiger partial charge >= 0.3 is 0 Å². The molecule has 0 radical (unpaired) electrons. The highest BCUT2D eigenvalue weighted by Crippen LogP contribution is 2.41. The monoisotopic (exact) mass is 526 g/mol. The fourth-order valence-corrected chi connectivity index (χ4v) is 5.34. The molecule has 9 heteroatoms. The first-order valence-corrected chi connectivity index (χ1v) is 12.8. The van der Waals surface area contributed by atoms with Gasteiger partial charge in [0.2, 0.25) is 0 Å². The third-order valence-electron chi connectivity index (χ3n) is 6.84. The van der Waals surface area contributed by atoms with Crippen LogP contribution in [0.25, 0.3) is 11.3 Å². The van der Waals surface area contributed by atoms with Crippen LogP contribution in [0.3, 0.4) is 0 Å². The third-order valence-corrected chi connectivity index (χ3v) is 6.84. The Morgan fingerprint density at radius 2 is 1.95 bits per heavy atom. The Labute approximate surface area is 222 Å². The number of halogens is 2. The van der Waals surface area contributed by atoms with Gasteiger partial charge in [-0.05, 0) is 85.4 Å². The van der Waals surface area contributed by atoms with Crippen LogP contribution in [0.1, 0.15) is 59.3 Å². The normalized spacial score (nSPS) is 18.9. The van der Waals surface area contributed by atoms with E-state index in [1.54, 1.807) is 6.20 Å². The van der Waals surface area contributed by atoms with Gasteiger partial charge in [0.1, 0.15) is 23.0 Å². The second kappa shape index (κ2) is 14.0.